The molecule has 2 aromatic rings. The molecule has 1 unspecified atom stereocenters. The van der Waals surface area contributed by atoms with Gasteiger partial charge in [-0.05, 0) is 36.9 Å². The first kappa shape index (κ1) is 10.4. The predicted molar refractivity (Wildman–Crippen MR) is 61.0 cm³/mol. The summed E-state index contributed by atoms with van der Waals surface area (Å²) >= 11 is 1.58. The summed E-state index contributed by atoms with van der Waals surface area (Å²) in [6.07, 6.45) is 1.18. The Labute approximate surface area is 93.0 Å². The molecule has 2 rings (SSSR count). The van der Waals surface area contributed by atoms with Crippen LogP contribution in [-0.2, 0) is 6.54 Å². The lowest BCUT2D eigenvalue weighted by atomic mass is 10.1. The molecule has 2 heterocycles. The van der Waals surface area contributed by atoms with E-state index in [2.05, 4.69) is 5.10 Å². The molecule has 0 fully saturated rings. The maximum atomic E-state index is 10.2. The van der Waals surface area contributed by atoms with Gasteiger partial charge in [0.2, 0.25) is 0 Å². The number of aryl methyl sites for hydroxylation is 2. The molecule has 80 valence electrons. The van der Waals surface area contributed by atoms with Gasteiger partial charge in [0.1, 0.15) is 6.10 Å². The molecular weight excluding hydrogens is 208 g/mol. The first-order valence-corrected chi connectivity index (χ1v) is 5.85. The van der Waals surface area contributed by atoms with Crippen LogP contribution in [0.25, 0.3) is 0 Å². The first-order valence-electron chi connectivity index (χ1n) is 4.97. The predicted octanol–water partition coefficient (Wildman–Crippen LogP) is 2.35. The summed E-state index contributed by atoms with van der Waals surface area (Å²) in [7, 11) is 0. The van der Waals surface area contributed by atoms with Gasteiger partial charge in [-0.25, -0.2) is 0 Å². The smallest absolute Gasteiger partial charge is 0.130 e. The minimum atomic E-state index is -0.549. The Morgan fingerprint density at radius 1 is 1.53 bits per heavy atom. The fourth-order valence-corrected chi connectivity index (χ4v) is 2.56. The average molecular weight is 222 g/mol. The fourth-order valence-electron chi connectivity index (χ4n) is 1.64. The van der Waals surface area contributed by atoms with Gasteiger partial charge in [-0.3, -0.25) is 4.68 Å². The SMILES string of the molecule is CCn1nccc1C(O)c1sccc1C. The van der Waals surface area contributed by atoms with Crippen LogP contribution in [0.15, 0.2) is 23.7 Å². The third kappa shape index (κ3) is 1.82. The maximum absolute atomic E-state index is 10.2. The molecule has 0 saturated carbocycles. The van der Waals surface area contributed by atoms with E-state index in [1.54, 1.807) is 17.5 Å². The van der Waals surface area contributed by atoms with Crippen molar-refractivity contribution in [3.63, 3.8) is 0 Å². The lowest BCUT2D eigenvalue weighted by molar-refractivity contribution is 0.211. The second-order valence-corrected chi connectivity index (χ2v) is 4.39. The molecule has 0 aliphatic heterocycles. The molecule has 0 aliphatic carbocycles. The van der Waals surface area contributed by atoms with Gasteiger partial charge in [0.05, 0.1) is 5.69 Å². The van der Waals surface area contributed by atoms with Gasteiger partial charge in [0.15, 0.2) is 0 Å². The van der Waals surface area contributed by atoms with E-state index in [0.717, 1.165) is 22.7 Å². The summed E-state index contributed by atoms with van der Waals surface area (Å²) in [5.74, 6) is 0. The van der Waals surface area contributed by atoms with E-state index in [-0.39, 0.29) is 0 Å². The van der Waals surface area contributed by atoms with Crippen molar-refractivity contribution in [2.45, 2.75) is 26.5 Å². The lowest BCUT2D eigenvalue weighted by Gasteiger charge is -2.11. The van der Waals surface area contributed by atoms with E-state index in [0.29, 0.717) is 0 Å². The minimum Gasteiger partial charge on any atom is -0.381 e. The molecule has 1 atom stereocenters. The highest BCUT2D eigenvalue weighted by Crippen LogP contribution is 2.28. The van der Waals surface area contributed by atoms with Crippen molar-refractivity contribution in [1.82, 2.24) is 9.78 Å². The molecule has 0 saturated heterocycles. The van der Waals surface area contributed by atoms with Crippen molar-refractivity contribution in [2.75, 3.05) is 0 Å². The second kappa shape index (κ2) is 4.16. The van der Waals surface area contributed by atoms with Crippen molar-refractivity contribution in [3.8, 4) is 0 Å². The summed E-state index contributed by atoms with van der Waals surface area (Å²) in [6.45, 7) is 4.82. The molecule has 15 heavy (non-hydrogen) atoms. The Morgan fingerprint density at radius 2 is 2.33 bits per heavy atom. The van der Waals surface area contributed by atoms with E-state index < -0.39 is 6.10 Å². The highest BCUT2D eigenvalue weighted by molar-refractivity contribution is 7.10. The quantitative estimate of drug-likeness (QED) is 0.865. The molecule has 0 bridgehead atoms. The molecule has 3 nitrogen and oxygen atoms in total. The zero-order valence-electron chi connectivity index (χ0n) is 8.84. The van der Waals surface area contributed by atoms with Gasteiger partial charge < -0.3 is 5.11 Å². The molecule has 0 spiro atoms. The highest BCUT2D eigenvalue weighted by atomic mass is 32.1. The number of aliphatic hydroxyl groups excluding tert-OH is 1. The standard InChI is InChI=1S/C11H14N2OS/c1-3-13-9(4-6-12-13)10(14)11-8(2)5-7-15-11/h4-7,10,14H,3H2,1-2H3. The minimum absolute atomic E-state index is 0.549. The third-order valence-electron chi connectivity index (χ3n) is 2.48. The molecule has 4 heteroatoms. The summed E-state index contributed by atoms with van der Waals surface area (Å²) in [5, 5.41) is 16.4. The van der Waals surface area contributed by atoms with Crippen molar-refractivity contribution in [3.05, 3.63) is 39.8 Å². The number of aromatic nitrogens is 2. The normalized spacial score (nSPS) is 13.0. The van der Waals surface area contributed by atoms with Crippen LogP contribution in [0.2, 0.25) is 0 Å². The Kier molecular flexibility index (Phi) is 2.88. The van der Waals surface area contributed by atoms with Crippen molar-refractivity contribution < 1.29 is 5.11 Å². The van der Waals surface area contributed by atoms with Crippen molar-refractivity contribution >= 4 is 11.3 Å². The third-order valence-corrected chi connectivity index (χ3v) is 3.55. The second-order valence-electron chi connectivity index (χ2n) is 3.44. The molecule has 0 aliphatic rings. The lowest BCUT2D eigenvalue weighted by Crippen LogP contribution is -2.08. The van der Waals surface area contributed by atoms with Crippen molar-refractivity contribution in [1.29, 1.82) is 0 Å². The summed E-state index contributed by atoms with van der Waals surface area (Å²) < 4.78 is 1.82. The van der Waals surface area contributed by atoms with E-state index >= 15 is 0 Å². The van der Waals surface area contributed by atoms with Gasteiger partial charge >= 0.3 is 0 Å². The molecule has 0 amide bonds. The first-order chi connectivity index (χ1) is 7.24. The topological polar surface area (TPSA) is 38.0 Å². The number of nitrogens with zero attached hydrogens (tertiary/aromatic N) is 2. The van der Waals surface area contributed by atoms with E-state index in [4.69, 9.17) is 0 Å². The van der Waals surface area contributed by atoms with Gasteiger partial charge in [-0.1, -0.05) is 0 Å². The maximum Gasteiger partial charge on any atom is 0.130 e. The average Bonchev–Trinajstić information content (AvgIpc) is 2.84. The van der Waals surface area contributed by atoms with Crippen LogP contribution in [0.1, 0.15) is 29.2 Å². The van der Waals surface area contributed by atoms with E-state index in [9.17, 15) is 5.11 Å². The fraction of sp³-hybridized carbons (Fsp3) is 0.364. The number of thiophene rings is 1. The Morgan fingerprint density at radius 3 is 2.93 bits per heavy atom. The van der Waals surface area contributed by atoms with Crippen LogP contribution in [0.4, 0.5) is 0 Å². The van der Waals surface area contributed by atoms with E-state index in [1.165, 1.54) is 0 Å². The van der Waals surface area contributed by atoms with Gasteiger partial charge in [-0.2, -0.15) is 5.10 Å². The van der Waals surface area contributed by atoms with Gasteiger partial charge in [0, 0.05) is 17.6 Å². The van der Waals surface area contributed by atoms with Crippen LogP contribution < -0.4 is 0 Å². The Balaban J connectivity index is 2.36. The largest absolute Gasteiger partial charge is 0.381 e. The van der Waals surface area contributed by atoms with Crippen LogP contribution in [-0.4, -0.2) is 14.9 Å². The zero-order chi connectivity index (χ0) is 10.8. The highest BCUT2D eigenvalue weighted by Gasteiger charge is 2.17. The van der Waals surface area contributed by atoms with Crippen LogP contribution in [0, 0.1) is 6.92 Å². The number of hydrogen-bond acceptors (Lipinski definition) is 3. The number of aliphatic hydroxyl groups is 1. The molecular formula is C11H14N2OS. The Bertz CT molecular complexity index is 447. The van der Waals surface area contributed by atoms with Crippen LogP contribution in [0.5, 0.6) is 0 Å². The Hall–Kier alpha value is -1.13. The van der Waals surface area contributed by atoms with Gasteiger partial charge in [-0.15, -0.1) is 11.3 Å². The van der Waals surface area contributed by atoms with Crippen LogP contribution >= 0.6 is 11.3 Å². The number of hydrogen-bond donors (Lipinski definition) is 1. The monoisotopic (exact) mass is 222 g/mol. The summed E-state index contributed by atoms with van der Waals surface area (Å²) in [4.78, 5) is 1.00. The molecule has 1 N–H and O–H groups in total. The molecule has 0 radical (unpaired) electrons. The summed E-state index contributed by atoms with van der Waals surface area (Å²) in [5.41, 5.74) is 2.00. The van der Waals surface area contributed by atoms with Crippen LogP contribution in [0.3, 0.4) is 0 Å². The van der Waals surface area contributed by atoms with Crippen molar-refractivity contribution in [2.24, 2.45) is 0 Å². The zero-order valence-corrected chi connectivity index (χ0v) is 9.66. The molecule has 2 aromatic heterocycles. The molecule has 0 aromatic carbocycles. The van der Waals surface area contributed by atoms with E-state index in [1.807, 2.05) is 36.0 Å². The number of rotatable bonds is 3. The van der Waals surface area contributed by atoms with Gasteiger partial charge in [0.25, 0.3) is 0 Å². The summed E-state index contributed by atoms with van der Waals surface area (Å²) in [6, 6.07) is 3.89.